The Bertz CT molecular complexity index is 223. The lowest BCUT2D eigenvalue weighted by molar-refractivity contribution is 0.155. The normalized spacial score (nSPS) is 26.4. The van der Waals surface area contributed by atoms with Crippen molar-refractivity contribution in [1.29, 1.82) is 0 Å². The predicted molar refractivity (Wildman–Crippen MR) is 84.0 cm³/mol. The van der Waals surface area contributed by atoms with Crippen LogP contribution in [0.4, 0.5) is 0 Å². The number of nitrogens with zero attached hydrogens (tertiary/aromatic N) is 1. The molecular formula is C16H31ClN2. The summed E-state index contributed by atoms with van der Waals surface area (Å²) in [6.07, 6.45) is 13.3. The van der Waals surface area contributed by atoms with Crippen molar-refractivity contribution in [2.24, 2.45) is 11.8 Å². The Labute approximate surface area is 125 Å². The molecule has 112 valence electrons. The minimum Gasteiger partial charge on any atom is -0.317 e. The van der Waals surface area contributed by atoms with Gasteiger partial charge < -0.3 is 5.32 Å². The van der Waals surface area contributed by atoms with E-state index < -0.39 is 0 Å². The van der Waals surface area contributed by atoms with E-state index in [0.717, 1.165) is 17.9 Å². The largest absolute Gasteiger partial charge is 0.317 e. The molecular weight excluding hydrogens is 256 g/mol. The van der Waals surface area contributed by atoms with Gasteiger partial charge in [-0.1, -0.05) is 19.3 Å². The third-order valence-corrected chi connectivity index (χ3v) is 5.23. The first kappa shape index (κ1) is 15.6. The molecule has 1 heterocycles. The van der Waals surface area contributed by atoms with Gasteiger partial charge in [0.1, 0.15) is 0 Å². The highest BCUT2D eigenvalue weighted by Gasteiger charge is 2.32. The summed E-state index contributed by atoms with van der Waals surface area (Å²) in [5.41, 5.74) is 0. The Balaban J connectivity index is 0.00000133. The van der Waals surface area contributed by atoms with Crippen molar-refractivity contribution >= 4 is 12.4 Å². The molecule has 0 unspecified atom stereocenters. The lowest BCUT2D eigenvalue weighted by Gasteiger charge is -2.34. The van der Waals surface area contributed by atoms with Crippen LogP contribution in [0.3, 0.4) is 0 Å². The molecule has 1 aliphatic heterocycles. The van der Waals surface area contributed by atoms with E-state index in [2.05, 4.69) is 10.2 Å². The van der Waals surface area contributed by atoms with E-state index in [1.165, 1.54) is 84.0 Å². The van der Waals surface area contributed by atoms with E-state index in [0.29, 0.717) is 0 Å². The minimum absolute atomic E-state index is 0. The standard InChI is InChI=1S/C16H30N2.ClH/c1-2-4-14(5-3-1)12-18(16-6-7-16)13-15-8-10-17-11-9-15;/h14-17H,1-13H2;1H. The Morgan fingerprint density at radius 3 is 1.89 bits per heavy atom. The van der Waals surface area contributed by atoms with Crippen molar-refractivity contribution in [2.75, 3.05) is 26.2 Å². The zero-order valence-corrected chi connectivity index (χ0v) is 13.1. The summed E-state index contributed by atoms with van der Waals surface area (Å²) in [5.74, 6) is 2.01. The molecule has 1 saturated heterocycles. The van der Waals surface area contributed by atoms with Crippen molar-refractivity contribution in [3.63, 3.8) is 0 Å². The second-order valence-corrected chi connectivity index (χ2v) is 6.88. The molecule has 0 spiro atoms. The Morgan fingerprint density at radius 1 is 0.737 bits per heavy atom. The first-order valence-electron chi connectivity index (χ1n) is 8.36. The van der Waals surface area contributed by atoms with Crippen LogP contribution >= 0.6 is 12.4 Å². The second kappa shape index (κ2) is 7.85. The monoisotopic (exact) mass is 286 g/mol. The maximum Gasteiger partial charge on any atom is 0.00966 e. The van der Waals surface area contributed by atoms with E-state index >= 15 is 0 Å². The molecule has 0 radical (unpaired) electrons. The maximum atomic E-state index is 3.50. The van der Waals surface area contributed by atoms with Crippen LogP contribution in [0.25, 0.3) is 0 Å². The van der Waals surface area contributed by atoms with Gasteiger partial charge in [-0.3, -0.25) is 4.90 Å². The van der Waals surface area contributed by atoms with Crippen LogP contribution in [0.1, 0.15) is 57.8 Å². The van der Waals surface area contributed by atoms with Crippen LogP contribution in [0, 0.1) is 11.8 Å². The highest BCUT2D eigenvalue weighted by Crippen LogP contribution is 2.32. The van der Waals surface area contributed by atoms with Crippen LogP contribution in [0.5, 0.6) is 0 Å². The lowest BCUT2D eigenvalue weighted by atomic mass is 9.88. The summed E-state index contributed by atoms with van der Waals surface area (Å²) in [4.78, 5) is 2.88. The van der Waals surface area contributed by atoms with E-state index in [1.807, 2.05) is 0 Å². The van der Waals surface area contributed by atoms with Gasteiger partial charge in [-0.15, -0.1) is 12.4 Å². The predicted octanol–water partition coefficient (Wildman–Crippen LogP) is 3.45. The molecule has 3 rings (SSSR count). The first-order chi connectivity index (χ1) is 8.92. The lowest BCUT2D eigenvalue weighted by Crippen LogP contribution is -2.39. The summed E-state index contributed by atoms with van der Waals surface area (Å²) in [6, 6.07) is 0.974. The number of rotatable bonds is 5. The van der Waals surface area contributed by atoms with Gasteiger partial charge in [0.25, 0.3) is 0 Å². The third-order valence-electron chi connectivity index (χ3n) is 5.23. The van der Waals surface area contributed by atoms with Gasteiger partial charge in [-0.05, 0) is 63.5 Å². The molecule has 0 bridgehead atoms. The molecule has 3 heteroatoms. The number of halogens is 1. The molecule has 0 aromatic heterocycles. The SMILES string of the molecule is C1CCC(CN(CC2CCNCC2)C2CC2)CC1.Cl. The number of piperidine rings is 1. The zero-order valence-electron chi connectivity index (χ0n) is 12.3. The van der Waals surface area contributed by atoms with Crippen LogP contribution in [-0.2, 0) is 0 Å². The molecule has 0 amide bonds. The molecule has 2 nitrogen and oxygen atoms in total. The molecule has 0 atom stereocenters. The molecule has 3 fully saturated rings. The van der Waals surface area contributed by atoms with Crippen LogP contribution < -0.4 is 5.32 Å². The number of nitrogens with one attached hydrogen (secondary N) is 1. The zero-order chi connectivity index (χ0) is 12.2. The van der Waals surface area contributed by atoms with Crippen molar-refractivity contribution in [3.05, 3.63) is 0 Å². The molecule has 2 saturated carbocycles. The van der Waals surface area contributed by atoms with Gasteiger partial charge in [0.15, 0.2) is 0 Å². The maximum absolute atomic E-state index is 3.50. The molecule has 0 aromatic carbocycles. The topological polar surface area (TPSA) is 15.3 Å². The van der Waals surface area contributed by atoms with E-state index in [4.69, 9.17) is 0 Å². The summed E-state index contributed by atoms with van der Waals surface area (Å²) in [6.45, 7) is 5.34. The summed E-state index contributed by atoms with van der Waals surface area (Å²) in [7, 11) is 0. The van der Waals surface area contributed by atoms with Crippen molar-refractivity contribution in [3.8, 4) is 0 Å². The summed E-state index contributed by atoms with van der Waals surface area (Å²) in [5, 5.41) is 3.50. The molecule has 2 aliphatic carbocycles. The fourth-order valence-electron chi connectivity index (χ4n) is 3.91. The smallest absolute Gasteiger partial charge is 0.00966 e. The highest BCUT2D eigenvalue weighted by atomic mass is 35.5. The molecule has 1 N–H and O–H groups in total. The van der Waals surface area contributed by atoms with Gasteiger partial charge in [0.2, 0.25) is 0 Å². The third kappa shape index (κ3) is 4.91. The van der Waals surface area contributed by atoms with Gasteiger partial charge >= 0.3 is 0 Å². The fraction of sp³-hybridized carbons (Fsp3) is 1.00. The van der Waals surface area contributed by atoms with Crippen LogP contribution in [-0.4, -0.2) is 37.1 Å². The number of hydrogen-bond acceptors (Lipinski definition) is 2. The van der Waals surface area contributed by atoms with E-state index in [1.54, 1.807) is 0 Å². The summed E-state index contributed by atoms with van der Waals surface area (Å²) >= 11 is 0. The second-order valence-electron chi connectivity index (χ2n) is 6.88. The highest BCUT2D eigenvalue weighted by molar-refractivity contribution is 5.85. The van der Waals surface area contributed by atoms with E-state index in [9.17, 15) is 0 Å². The Hall–Kier alpha value is 0.210. The Kier molecular flexibility index (Phi) is 6.44. The Morgan fingerprint density at radius 2 is 1.32 bits per heavy atom. The van der Waals surface area contributed by atoms with Crippen molar-refractivity contribution < 1.29 is 0 Å². The van der Waals surface area contributed by atoms with Gasteiger partial charge in [0, 0.05) is 19.1 Å². The van der Waals surface area contributed by atoms with Crippen LogP contribution in [0.15, 0.2) is 0 Å². The quantitative estimate of drug-likeness (QED) is 0.833. The average Bonchev–Trinajstić information content (AvgIpc) is 3.25. The molecule has 19 heavy (non-hydrogen) atoms. The number of hydrogen-bond donors (Lipinski definition) is 1. The van der Waals surface area contributed by atoms with Gasteiger partial charge in [-0.2, -0.15) is 0 Å². The van der Waals surface area contributed by atoms with Crippen molar-refractivity contribution in [2.45, 2.75) is 63.8 Å². The minimum atomic E-state index is 0. The van der Waals surface area contributed by atoms with Gasteiger partial charge in [0.05, 0.1) is 0 Å². The van der Waals surface area contributed by atoms with E-state index in [-0.39, 0.29) is 12.4 Å². The van der Waals surface area contributed by atoms with Gasteiger partial charge in [-0.25, -0.2) is 0 Å². The first-order valence-corrected chi connectivity index (χ1v) is 8.36. The van der Waals surface area contributed by atoms with Crippen LogP contribution in [0.2, 0.25) is 0 Å². The average molecular weight is 287 g/mol. The molecule has 0 aromatic rings. The molecule has 3 aliphatic rings. The summed E-state index contributed by atoms with van der Waals surface area (Å²) < 4.78 is 0. The fourth-order valence-corrected chi connectivity index (χ4v) is 3.91. The van der Waals surface area contributed by atoms with Crippen molar-refractivity contribution in [1.82, 2.24) is 10.2 Å².